The predicted molar refractivity (Wildman–Crippen MR) is 41.4 cm³/mol. The second kappa shape index (κ2) is 10.6. The molecular weight excluding hydrogens is 164 g/mol. The standard InChI is InChI=1S/C5H5.H6Si2.Ti/c1-2-4-5-3-1;1-2;/h1-3H,4H2;1-2H3;/q-1;;. The molecular formula is C5H11Si2Ti-. The Kier molecular flexibility index (Phi) is 15.1. The monoisotopic (exact) mass is 175 g/mol. The summed E-state index contributed by atoms with van der Waals surface area (Å²) >= 11 is 0. The van der Waals surface area contributed by atoms with Crippen LogP contribution in [-0.2, 0) is 21.7 Å². The minimum absolute atomic E-state index is 0. The first-order valence-corrected chi connectivity index (χ1v) is 10.7. The summed E-state index contributed by atoms with van der Waals surface area (Å²) in [5.41, 5.74) is 0. The molecule has 0 N–H and O–H groups in total. The van der Waals surface area contributed by atoms with Crippen molar-refractivity contribution < 1.29 is 21.7 Å². The van der Waals surface area contributed by atoms with Crippen LogP contribution in [-0.4, -0.2) is 19.5 Å². The van der Waals surface area contributed by atoms with E-state index >= 15 is 0 Å². The van der Waals surface area contributed by atoms with E-state index in [1.807, 2.05) is 12.2 Å². The molecule has 0 saturated carbocycles. The maximum absolute atomic E-state index is 2.99. The van der Waals surface area contributed by atoms with E-state index in [2.05, 4.69) is 12.2 Å². The second-order valence-electron chi connectivity index (χ2n) is 1.00. The van der Waals surface area contributed by atoms with Gasteiger partial charge < -0.3 is 0 Å². The van der Waals surface area contributed by atoms with Crippen molar-refractivity contribution in [2.24, 2.45) is 0 Å². The van der Waals surface area contributed by atoms with E-state index in [4.69, 9.17) is 0 Å². The molecule has 0 radical (unpaired) electrons. The van der Waals surface area contributed by atoms with Crippen molar-refractivity contribution in [1.82, 2.24) is 0 Å². The Morgan fingerprint density at radius 1 is 1.38 bits per heavy atom. The van der Waals surface area contributed by atoms with Gasteiger partial charge in [-0.25, -0.2) is 12.2 Å². The van der Waals surface area contributed by atoms with Crippen LogP contribution in [0.25, 0.3) is 0 Å². The maximum atomic E-state index is 2.99. The summed E-state index contributed by atoms with van der Waals surface area (Å²) in [6.45, 7) is 0. The maximum Gasteiger partial charge on any atom is 0 e. The van der Waals surface area contributed by atoms with Crippen molar-refractivity contribution in [3.63, 3.8) is 0 Å². The molecule has 1 aliphatic rings. The van der Waals surface area contributed by atoms with Gasteiger partial charge in [0, 0.05) is 21.7 Å². The molecule has 0 heterocycles. The van der Waals surface area contributed by atoms with Gasteiger partial charge in [-0.15, -0.1) is 6.42 Å². The summed E-state index contributed by atoms with van der Waals surface area (Å²) in [5, 5.41) is 0. The summed E-state index contributed by atoms with van der Waals surface area (Å²) in [4.78, 5) is 0. The van der Waals surface area contributed by atoms with Crippen LogP contribution in [0.5, 0.6) is 0 Å². The Balaban J connectivity index is 0. The smallest absolute Gasteiger partial charge is 0 e. The fraction of sp³-hybridized carbons (Fsp3) is 0.200. The topological polar surface area (TPSA) is 0 Å². The molecule has 0 aliphatic heterocycles. The van der Waals surface area contributed by atoms with E-state index in [1.54, 1.807) is 0 Å². The first-order chi connectivity index (χ1) is 3.50. The third-order valence-electron chi connectivity index (χ3n) is 0.586. The Hall–Kier alpha value is 0.628. The molecule has 3 heteroatoms. The number of hydrogen-bond acceptors (Lipinski definition) is 0. The van der Waals surface area contributed by atoms with Gasteiger partial charge in [-0.05, 0) is 19.5 Å². The third kappa shape index (κ3) is 6.63. The van der Waals surface area contributed by atoms with E-state index < -0.39 is 0 Å². The minimum atomic E-state index is 0. The van der Waals surface area contributed by atoms with Gasteiger partial charge in [-0.1, -0.05) is 0 Å². The van der Waals surface area contributed by atoms with Gasteiger partial charge in [0.05, 0.1) is 0 Å². The van der Waals surface area contributed by atoms with Gasteiger partial charge in [0.2, 0.25) is 0 Å². The van der Waals surface area contributed by atoms with Crippen LogP contribution in [0.15, 0.2) is 18.2 Å². The summed E-state index contributed by atoms with van der Waals surface area (Å²) in [7, 11) is 2.89. The fourth-order valence-corrected chi connectivity index (χ4v) is 0.340. The Bertz CT molecular complexity index is 68.5. The predicted octanol–water partition coefficient (Wildman–Crippen LogP) is -1.06. The Morgan fingerprint density at radius 2 is 2.00 bits per heavy atom. The molecule has 0 saturated heterocycles. The van der Waals surface area contributed by atoms with Crippen molar-refractivity contribution in [2.75, 3.05) is 0 Å². The molecule has 0 atom stereocenters. The van der Waals surface area contributed by atoms with Crippen molar-refractivity contribution in [1.29, 1.82) is 0 Å². The molecule has 0 spiro atoms. The molecule has 0 aromatic rings. The largest absolute Gasteiger partial charge is 0.273 e. The average molecular weight is 175 g/mol. The normalized spacial score (nSPS) is 12.5. The van der Waals surface area contributed by atoms with Gasteiger partial charge in [0.1, 0.15) is 0 Å². The number of allylic oxidation sites excluding steroid dienone is 4. The first kappa shape index (κ1) is 11.4. The van der Waals surface area contributed by atoms with Crippen LogP contribution in [0, 0.1) is 6.08 Å². The average Bonchev–Trinajstić information content (AvgIpc) is 2.23. The molecule has 1 rings (SSSR count). The molecule has 1 aliphatic carbocycles. The van der Waals surface area contributed by atoms with Gasteiger partial charge in [-0.2, -0.15) is 6.08 Å². The van der Waals surface area contributed by atoms with E-state index in [0.717, 1.165) is 6.42 Å². The van der Waals surface area contributed by atoms with Crippen molar-refractivity contribution in [2.45, 2.75) is 6.42 Å². The van der Waals surface area contributed by atoms with Gasteiger partial charge in [-0.3, -0.25) is 6.08 Å². The zero-order chi connectivity index (χ0) is 5.54. The van der Waals surface area contributed by atoms with E-state index in [1.165, 1.54) is 19.5 Å². The Labute approximate surface area is 72.0 Å². The van der Waals surface area contributed by atoms with Crippen LogP contribution >= 0.6 is 0 Å². The second-order valence-corrected chi connectivity index (χ2v) is 1.00. The fourth-order valence-electron chi connectivity index (χ4n) is 0.340. The molecule has 0 aromatic carbocycles. The molecule has 0 nitrogen and oxygen atoms in total. The molecule has 0 bridgehead atoms. The van der Waals surface area contributed by atoms with Crippen molar-refractivity contribution in [3.8, 4) is 0 Å². The van der Waals surface area contributed by atoms with E-state index in [-0.39, 0.29) is 21.7 Å². The summed E-state index contributed by atoms with van der Waals surface area (Å²) in [5.74, 6) is 0. The molecule has 0 unspecified atom stereocenters. The summed E-state index contributed by atoms with van der Waals surface area (Å²) in [6, 6.07) is 0. The number of rotatable bonds is 0. The first-order valence-electron chi connectivity index (χ1n) is 2.72. The molecule has 0 amide bonds. The van der Waals surface area contributed by atoms with Gasteiger partial charge in [0.25, 0.3) is 0 Å². The van der Waals surface area contributed by atoms with Gasteiger partial charge in [0.15, 0.2) is 0 Å². The number of hydrogen-bond donors (Lipinski definition) is 0. The van der Waals surface area contributed by atoms with Crippen LogP contribution in [0.2, 0.25) is 0 Å². The van der Waals surface area contributed by atoms with Gasteiger partial charge >= 0.3 is 0 Å². The molecule has 0 fully saturated rings. The van der Waals surface area contributed by atoms with Crippen molar-refractivity contribution >= 4 is 19.5 Å². The Morgan fingerprint density at radius 3 is 2.12 bits per heavy atom. The third-order valence-corrected chi connectivity index (χ3v) is 0.586. The van der Waals surface area contributed by atoms with Crippen LogP contribution < -0.4 is 0 Å². The minimum Gasteiger partial charge on any atom is -0.273 e. The SMILES string of the molecule is [C-]1=CC=CC1.[SiH3][SiH3].[Ti]. The quantitative estimate of drug-likeness (QED) is 0.325. The van der Waals surface area contributed by atoms with Crippen molar-refractivity contribution in [3.05, 3.63) is 24.3 Å². The summed E-state index contributed by atoms with van der Waals surface area (Å²) < 4.78 is 0. The van der Waals surface area contributed by atoms with Crippen LogP contribution in [0.1, 0.15) is 6.42 Å². The van der Waals surface area contributed by atoms with Crippen LogP contribution in [0.3, 0.4) is 0 Å². The summed E-state index contributed by atoms with van der Waals surface area (Å²) in [6.07, 6.45) is 10.0. The van der Waals surface area contributed by atoms with E-state index in [0.29, 0.717) is 0 Å². The molecule has 44 valence electrons. The molecule has 0 aromatic heterocycles. The zero-order valence-electron chi connectivity index (χ0n) is 5.44. The van der Waals surface area contributed by atoms with E-state index in [9.17, 15) is 0 Å². The zero-order valence-corrected chi connectivity index (χ0v) is 11.0. The van der Waals surface area contributed by atoms with Crippen LogP contribution in [0.4, 0.5) is 0 Å². The molecule has 8 heavy (non-hydrogen) atoms.